The molecule has 4 rings (SSSR count). The van der Waals surface area contributed by atoms with Gasteiger partial charge in [0.15, 0.2) is 11.5 Å². The molecule has 3 heterocycles. The molecule has 124 valence electrons. The van der Waals surface area contributed by atoms with Crippen molar-refractivity contribution in [3.63, 3.8) is 0 Å². The maximum absolute atomic E-state index is 9.24. The van der Waals surface area contributed by atoms with E-state index in [1.54, 1.807) is 6.33 Å². The second-order valence-electron chi connectivity index (χ2n) is 6.35. The predicted molar refractivity (Wildman–Crippen MR) is 85.8 cm³/mol. The maximum atomic E-state index is 9.24. The molecule has 2 fully saturated rings. The van der Waals surface area contributed by atoms with Crippen molar-refractivity contribution < 1.29 is 9.84 Å². The summed E-state index contributed by atoms with van der Waals surface area (Å²) in [6, 6.07) is 0.421. The first-order valence-electron chi connectivity index (χ1n) is 8.27. The molecule has 0 spiro atoms. The lowest BCUT2D eigenvalue weighted by Gasteiger charge is -2.15. The molecule has 2 aliphatic rings. The van der Waals surface area contributed by atoms with Gasteiger partial charge < -0.3 is 20.9 Å². The lowest BCUT2D eigenvalue weighted by molar-refractivity contribution is -0.0207. The Balaban J connectivity index is 1.65. The second-order valence-corrected chi connectivity index (χ2v) is 6.35. The summed E-state index contributed by atoms with van der Waals surface area (Å²) in [5.41, 5.74) is 7.33. The van der Waals surface area contributed by atoms with Gasteiger partial charge in [-0.2, -0.15) is 9.97 Å². The van der Waals surface area contributed by atoms with Gasteiger partial charge in [-0.15, -0.1) is 0 Å². The number of hydrogen-bond donors (Lipinski definition) is 3. The van der Waals surface area contributed by atoms with Crippen LogP contribution in [0.1, 0.15) is 44.8 Å². The van der Waals surface area contributed by atoms with Gasteiger partial charge in [0, 0.05) is 6.04 Å². The summed E-state index contributed by atoms with van der Waals surface area (Å²) in [6.07, 6.45) is 7.84. The average molecular weight is 318 g/mol. The first kappa shape index (κ1) is 14.6. The number of nitrogen functional groups attached to an aromatic ring is 1. The molecule has 2 atom stereocenters. The molecule has 1 aliphatic carbocycles. The fourth-order valence-corrected chi connectivity index (χ4v) is 3.49. The van der Waals surface area contributed by atoms with E-state index in [0.29, 0.717) is 29.0 Å². The number of hydrogen-bond acceptors (Lipinski definition) is 7. The van der Waals surface area contributed by atoms with Crippen LogP contribution in [-0.4, -0.2) is 43.4 Å². The van der Waals surface area contributed by atoms with Crippen LogP contribution in [0.25, 0.3) is 11.2 Å². The lowest BCUT2D eigenvalue weighted by Crippen LogP contribution is -2.18. The van der Waals surface area contributed by atoms with Crippen LogP contribution in [0.3, 0.4) is 0 Å². The Morgan fingerprint density at radius 2 is 2.09 bits per heavy atom. The van der Waals surface area contributed by atoms with E-state index in [2.05, 4.69) is 20.3 Å². The first-order valence-corrected chi connectivity index (χ1v) is 8.27. The van der Waals surface area contributed by atoms with Crippen LogP contribution in [0.5, 0.6) is 0 Å². The number of nitrogens with zero attached hydrogens (tertiary/aromatic N) is 4. The molecule has 8 heteroatoms. The largest absolute Gasteiger partial charge is 0.394 e. The summed E-state index contributed by atoms with van der Waals surface area (Å²) in [5, 5.41) is 12.6. The fraction of sp³-hybridized carbons (Fsp3) is 0.667. The normalized spacial score (nSPS) is 25.4. The van der Waals surface area contributed by atoms with Gasteiger partial charge in [0.2, 0.25) is 5.95 Å². The molecule has 2 aromatic heterocycles. The summed E-state index contributed by atoms with van der Waals surface area (Å²) < 4.78 is 7.72. The first-order chi connectivity index (χ1) is 11.2. The number of rotatable bonds is 4. The number of aromatic nitrogens is 4. The maximum Gasteiger partial charge on any atom is 0.226 e. The fourth-order valence-electron chi connectivity index (χ4n) is 3.49. The molecule has 2 aromatic rings. The van der Waals surface area contributed by atoms with Crippen LogP contribution < -0.4 is 11.1 Å². The van der Waals surface area contributed by atoms with E-state index in [1.165, 1.54) is 12.8 Å². The molecule has 0 aromatic carbocycles. The van der Waals surface area contributed by atoms with Crippen molar-refractivity contribution in [3.8, 4) is 0 Å². The average Bonchev–Trinajstić information content (AvgIpc) is 3.26. The van der Waals surface area contributed by atoms with Gasteiger partial charge >= 0.3 is 0 Å². The number of nitrogens with two attached hydrogens (primary N) is 1. The molecule has 0 bridgehead atoms. The topological polar surface area (TPSA) is 111 Å². The zero-order chi connectivity index (χ0) is 15.8. The third-order valence-electron chi connectivity index (χ3n) is 4.74. The van der Waals surface area contributed by atoms with Crippen LogP contribution in [0.2, 0.25) is 0 Å². The monoisotopic (exact) mass is 318 g/mol. The van der Waals surface area contributed by atoms with E-state index in [-0.39, 0.29) is 18.9 Å². The van der Waals surface area contributed by atoms with Crippen LogP contribution in [0.4, 0.5) is 11.8 Å². The number of nitrogens with one attached hydrogen (secondary N) is 1. The highest BCUT2D eigenvalue weighted by atomic mass is 16.5. The van der Waals surface area contributed by atoms with Crippen LogP contribution in [-0.2, 0) is 4.74 Å². The minimum Gasteiger partial charge on any atom is -0.394 e. The van der Waals surface area contributed by atoms with Gasteiger partial charge in [0.05, 0.1) is 19.0 Å². The Kier molecular flexibility index (Phi) is 3.78. The molecule has 2 unspecified atom stereocenters. The van der Waals surface area contributed by atoms with Gasteiger partial charge in [-0.25, -0.2) is 4.98 Å². The highest BCUT2D eigenvalue weighted by Crippen LogP contribution is 2.31. The van der Waals surface area contributed by atoms with Crippen LogP contribution >= 0.6 is 0 Å². The molecule has 0 amide bonds. The molecule has 23 heavy (non-hydrogen) atoms. The van der Waals surface area contributed by atoms with E-state index in [4.69, 9.17) is 10.5 Å². The van der Waals surface area contributed by atoms with Crippen LogP contribution in [0.15, 0.2) is 6.33 Å². The van der Waals surface area contributed by atoms with Crippen molar-refractivity contribution in [1.29, 1.82) is 0 Å². The number of fused-ring (bicyclic) bond motifs is 1. The molecule has 0 radical (unpaired) electrons. The van der Waals surface area contributed by atoms with Crippen molar-refractivity contribution in [2.45, 2.75) is 56.9 Å². The van der Waals surface area contributed by atoms with E-state index >= 15 is 0 Å². The van der Waals surface area contributed by atoms with Gasteiger partial charge in [0.1, 0.15) is 11.7 Å². The van der Waals surface area contributed by atoms with E-state index in [0.717, 1.165) is 25.7 Å². The Morgan fingerprint density at radius 3 is 2.83 bits per heavy atom. The van der Waals surface area contributed by atoms with E-state index < -0.39 is 0 Å². The predicted octanol–water partition coefficient (Wildman–Crippen LogP) is 1.43. The molecule has 8 nitrogen and oxygen atoms in total. The van der Waals surface area contributed by atoms with Gasteiger partial charge in [-0.05, 0) is 25.7 Å². The smallest absolute Gasteiger partial charge is 0.226 e. The summed E-state index contributed by atoms with van der Waals surface area (Å²) >= 11 is 0. The van der Waals surface area contributed by atoms with Crippen LogP contribution in [0, 0.1) is 0 Å². The number of imidazole rings is 1. The van der Waals surface area contributed by atoms with Gasteiger partial charge in [-0.1, -0.05) is 12.8 Å². The zero-order valence-electron chi connectivity index (χ0n) is 13.0. The van der Waals surface area contributed by atoms with Crippen molar-refractivity contribution >= 4 is 22.9 Å². The third kappa shape index (κ3) is 2.72. The standard InChI is InChI=1S/C15H22N6O2/c16-13-12-14(20-15(19-13)18-9-3-1-2-4-9)21(8-17-12)11-6-5-10(7-22)23-11/h8-11,22H,1-7H2,(H3,16,18,19,20). The number of aliphatic hydroxyl groups excluding tert-OH is 1. The van der Waals surface area contributed by atoms with E-state index in [9.17, 15) is 5.11 Å². The lowest BCUT2D eigenvalue weighted by atomic mass is 10.2. The number of ether oxygens (including phenoxy) is 1. The Hall–Kier alpha value is -1.93. The van der Waals surface area contributed by atoms with Crippen molar-refractivity contribution in [2.75, 3.05) is 17.7 Å². The highest BCUT2D eigenvalue weighted by Gasteiger charge is 2.28. The highest BCUT2D eigenvalue weighted by molar-refractivity contribution is 5.83. The van der Waals surface area contributed by atoms with Crippen molar-refractivity contribution in [1.82, 2.24) is 19.5 Å². The van der Waals surface area contributed by atoms with Crippen molar-refractivity contribution in [2.24, 2.45) is 0 Å². The number of anilines is 2. The summed E-state index contributed by atoms with van der Waals surface area (Å²) in [7, 11) is 0. The van der Waals surface area contributed by atoms with Gasteiger partial charge in [-0.3, -0.25) is 4.57 Å². The molecular weight excluding hydrogens is 296 g/mol. The SMILES string of the molecule is Nc1nc(NC2CCCC2)nc2c1ncn2C1CCC(CO)O1. The third-order valence-corrected chi connectivity index (χ3v) is 4.74. The zero-order valence-corrected chi connectivity index (χ0v) is 13.0. The van der Waals surface area contributed by atoms with Crippen molar-refractivity contribution in [3.05, 3.63) is 6.33 Å². The molecule has 4 N–H and O–H groups in total. The minimum absolute atomic E-state index is 0.0364. The Bertz CT molecular complexity index is 697. The molecule has 1 aliphatic heterocycles. The molecule has 1 saturated carbocycles. The summed E-state index contributed by atoms with van der Waals surface area (Å²) in [4.78, 5) is 13.3. The Labute approximate surface area is 134 Å². The summed E-state index contributed by atoms with van der Waals surface area (Å²) in [5.74, 6) is 0.936. The summed E-state index contributed by atoms with van der Waals surface area (Å²) in [6.45, 7) is 0.0364. The molecule has 1 saturated heterocycles. The second kappa shape index (κ2) is 5.93. The Morgan fingerprint density at radius 1 is 1.26 bits per heavy atom. The minimum atomic E-state index is -0.161. The van der Waals surface area contributed by atoms with E-state index in [1.807, 2.05) is 4.57 Å². The molecular formula is C15H22N6O2. The van der Waals surface area contributed by atoms with Gasteiger partial charge in [0.25, 0.3) is 0 Å². The quantitative estimate of drug-likeness (QED) is 0.782. The number of aliphatic hydroxyl groups is 1.